The summed E-state index contributed by atoms with van der Waals surface area (Å²) >= 11 is 6.14. The maximum absolute atomic E-state index is 12.9. The number of hydrogen-bond acceptors (Lipinski definition) is 7. The van der Waals surface area contributed by atoms with Gasteiger partial charge in [-0.15, -0.1) is 0 Å². The predicted octanol–water partition coefficient (Wildman–Crippen LogP) is 3.40. The van der Waals surface area contributed by atoms with Crippen LogP contribution in [0.3, 0.4) is 0 Å². The maximum atomic E-state index is 12.9. The van der Waals surface area contributed by atoms with Gasteiger partial charge in [-0.3, -0.25) is 4.79 Å². The molecule has 9 nitrogen and oxygen atoms in total. The van der Waals surface area contributed by atoms with Crippen LogP contribution in [0.25, 0.3) is 11.5 Å². The number of carbonyl (C=O) groups excluding carboxylic acids is 1. The normalized spacial score (nSPS) is 20.6. The number of rotatable bonds is 5. The Morgan fingerprint density at radius 1 is 1.19 bits per heavy atom. The minimum Gasteiger partial charge on any atom is -0.489 e. The van der Waals surface area contributed by atoms with Gasteiger partial charge in [-0.1, -0.05) is 39.3 Å². The Hall–Kier alpha value is -3.51. The summed E-state index contributed by atoms with van der Waals surface area (Å²) in [6.45, 7) is 8.18. The molecule has 0 atom stereocenters. The Kier molecular flexibility index (Phi) is 5.34. The van der Waals surface area contributed by atoms with E-state index in [1.807, 2.05) is 33.8 Å². The summed E-state index contributed by atoms with van der Waals surface area (Å²) in [5, 5.41) is 22.7. The van der Waals surface area contributed by atoms with Crippen molar-refractivity contribution >= 4 is 17.5 Å². The molecule has 1 aliphatic carbocycles. The molecule has 0 bridgehead atoms. The molecule has 0 saturated heterocycles. The fourth-order valence-corrected chi connectivity index (χ4v) is 4.91. The SMILES string of the molecule is CC1(C)C(NC(=O)c2cnc(-c3cn[nH]n3)nc2)C(C)(C)C1Oc1ccc(C#N)c(Cl)c1. The van der Waals surface area contributed by atoms with Crippen LogP contribution in [0, 0.1) is 22.2 Å². The molecular formula is C22H22ClN7O2. The standard InChI is InChI=1S/C22H22ClN7O2/c1-21(2)19(22(3,4)20(21)32-14-6-5-12(8-24)15(23)7-14)28-18(31)13-9-25-17(26-10-13)16-11-27-30-29-16/h5-7,9-11,19-20H,1-4H3,(H,28,31)(H,27,29,30). The number of H-pyrrole nitrogens is 1. The average molecular weight is 452 g/mol. The smallest absolute Gasteiger partial charge is 0.254 e. The largest absolute Gasteiger partial charge is 0.489 e. The zero-order valence-corrected chi connectivity index (χ0v) is 18.8. The lowest BCUT2D eigenvalue weighted by Crippen LogP contribution is -2.74. The van der Waals surface area contributed by atoms with Gasteiger partial charge in [0, 0.05) is 35.3 Å². The molecule has 1 amide bonds. The first kappa shape index (κ1) is 21.7. The molecule has 1 aliphatic rings. The van der Waals surface area contributed by atoms with Crippen LogP contribution in [0.15, 0.2) is 36.8 Å². The van der Waals surface area contributed by atoms with Gasteiger partial charge in [0.05, 0.1) is 22.3 Å². The van der Waals surface area contributed by atoms with Crippen molar-refractivity contribution in [3.05, 3.63) is 52.9 Å². The van der Waals surface area contributed by atoms with Crippen molar-refractivity contribution in [2.24, 2.45) is 10.8 Å². The summed E-state index contributed by atoms with van der Waals surface area (Å²) in [5.74, 6) is 0.707. The van der Waals surface area contributed by atoms with Crippen molar-refractivity contribution in [2.45, 2.75) is 39.8 Å². The number of amides is 1. The average Bonchev–Trinajstić information content (AvgIpc) is 3.30. The molecule has 1 fully saturated rings. The highest BCUT2D eigenvalue weighted by atomic mass is 35.5. The lowest BCUT2D eigenvalue weighted by molar-refractivity contribution is -0.164. The van der Waals surface area contributed by atoms with Crippen LogP contribution >= 0.6 is 11.6 Å². The van der Waals surface area contributed by atoms with E-state index in [0.717, 1.165) is 0 Å². The van der Waals surface area contributed by atoms with E-state index in [2.05, 4.69) is 30.7 Å². The van der Waals surface area contributed by atoms with Gasteiger partial charge in [0.1, 0.15) is 23.6 Å². The fourth-order valence-electron chi connectivity index (χ4n) is 4.70. The Bertz CT molecular complexity index is 1170. The third kappa shape index (κ3) is 3.67. The van der Waals surface area contributed by atoms with Gasteiger partial charge in [0.15, 0.2) is 5.82 Å². The third-order valence-corrected chi connectivity index (χ3v) is 6.30. The van der Waals surface area contributed by atoms with Crippen LogP contribution in [0.5, 0.6) is 5.75 Å². The molecule has 1 aromatic carbocycles. The van der Waals surface area contributed by atoms with Crippen molar-refractivity contribution in [1.29, 1.82) is 5.26 Å². The second kappa shape index (κ2) is 7.88. The zero-order valence-electron chi connectivity index (χ0n) is 18.0. The number of carbonyl (C=O) groups is 1. The first-order chi connectivity index (χ1) is 15.1. The fraction of sp³-hybridized carbons (Fsp3) is 0.364. The summed E-state index contributed by atoms with van der Waals surface area (Å²) in [5.41, 5.74) is 0.531. The molecule has 164 valence electrons. The minimum atomic E-state index is -0.360. The van der Waals surface area contributed by atoms with Crippen molar-refractivity contribution in [2.75, 3.05) is 0 Å². The number of halogens is 1. The molecule has 0 radical (unpaired) electrons. The topological polar surface area (TPSA) is 129 Å². The van der Waals surface area contributed by atoms with E-state index in [4.69, 9.17) is 21.6 Å². The van der Waals surface area contributed by atoms with Crippen LogP contribution in [0.4, 0.5) is 0 Å². The molecule has 4 rings (SSSR count). The molecule has 2 heterocycles. The van der Waals surface area contributed by atoms with Crippen molar-refractivity contribution in [1.82, 2.24) is 30.7 Å². The van der Waals surface area contributed by atoms with Gasteiger partial charge in [0.25, 0.3) is 5.91 Å². The van der Waals surface area contributed by atoms with Crippen molar-refractivity contribution < 1.29 is 9.53 Å². The van der Waals surface area contributed by atoms with Gasteiger partial charge in [-0.25, -0.2) is 9.97 Å². The van der Waals surface area contributed by atoms with E-state index in [1.54, 1.807) is 18.2 Å². The summed E-state index contributed by atoms with van der Waals surface area (Å²) in [6.07, 6.45) is 4.26. The number of nitriles is 1. The van der Waals surface area contributed by atoms with Crippen LogP contribution in [0.1, 0.15) is 43.6 Å². The third-order valence-electron chi connectivity index (χ3n) is 5.99. The van der Waals surface area contributed by atoms with E-state index in [1.165, 1.54) is 18.6 Å². The Labute approximate surface area is 190 Å². The van der Waals surface area contributed by atoms with Gasteiger partial charge >= 0.3 is 0 Å². The molecular weight excluding hydrogens is 430 g/mol. The van der Waals surface area contributed by atoms with E-state index in [0.29, 0.717) is 33.4 Å². The number of nitrogens with zero attached hydrogens (tertiary/aromatic N) is 5. The lowest BCUT2D eigenvalue weighted by Gasteiger charge is -2.63. The van der Waals surface area contributed by atoms with Gasteiger partial charge in [-0.05, 0) is 12.1 Å². The second-order valence-corrected chi connectivity index (χ2v) is 9.36. The highest BCUT2D eigenvalue weighted by Gasteiger charge is 2.64. The Balaban J connectivity index is 1.47. The zero-order chi connectivity index (χ0) is 23.1. The van der Waals surface area contributed by atoms with Crippen molar-refractivity contribution in [3.63, 3.8) is 0 Å². The van der Waals surface area contributed by atoms with Gasteiger partial charge in [0.2, 0.25) is 0 Å². The molecule has 3 aromatic rings. The predicted molar refractivity (Wildman–Crippen MR) is 117 cm³/mol. The van der Waals surface area contributed by atoms with E-state index in [9.17, 15) is 4.79 Å². The van der Waals surface area contributed by atoms with E-state index < -0.39 is 0 Å². The molecule has 2 N–H and O–H groups in total. The minimum absolute atomic E-state index is 0.156. The maximum Gasteiger partial charge on any atom is 0.254 e. The van der Waals surface area contributed by atoms with Gasteiger partial charge < -0.3 is 10.1 Å². The summed E-state index contributed by atoms with van der Waals surface area (Å²) in [4.78, 5) is 21.3. The number of benzene rings is 1. The summed E-state index contributed by atoms with van der Waals surface area (Å²) in [7, 11) is 0. The van der Waals surface area contributed by atoms with E-state index in [-0.39, 0.29) is 28.9 Å². The highest BCUT2D eigenvalue weighted by Crippen LogP contribution is 2.55. The Morgan fingerprint density at radius 3 is 2.44 bits per heavy atom. The number of hydrogen-bond donors (Lipinski definition) is 2. The van der Waals surface area contributed by atoms with Crippen LogP contribution in [0.2, 0.25) is 5.02 Å². The van der Waals surface area contributed by atoms with Crippen LogP contribution < -0.4 is 10.1 Å². The monoisotopic (exact) mass is 451 g/mol. The van der Waals surface area contributed by atoms with E-state index >= 15 is 0 Å². The first-order valence-electron chi connectivity index (χ1n) is 10.00. The number of ether oxygens (including phenoxy) is 1. The Morgan fingerprint density at radius 2 is 1.88 bits per heavy atom. The molecule has 0 aliphatic heterocycles. The number of aromatic nitrogens is 5. The quantitative estimate of drug-likeness (QED) is 0.607. The van der Waals surface area contributed by atoms with Crippen LogP contribution in [-0.4, -0.2) is 43.4 Å². The van der Waals surface area contributed by atoms with Gasteiger partial charge in [-0.2, -0.15) is 20.7 Å². The molecule has 0 spiro atoms. The molecule has 0 unspecified atom stereocenters. The van der Waals surface area contributed by atoms with Crippen molar-refractivity contribution in [3.8, 4) is 23.3 Å². The molecule has 32 heavy (non-hydrogen) atoms. The summed E-state index contributed by atoms with van der Waals surface area (Å²) < 4.78 is 6.25. The highest BCUT2D eigenvalue weighted by molar-refractivity contribution is 6.31. The first-order valence-corrected chi connectivity index (χ1v) is 10.4. The molecule has 10 heteroatoms. The molecule has 1 saturated carbocycles. The number of aromatic amines is 1. The summed E-state index contributed by atoms with van der Waals surface area (Å²) in [6, 6.07) is 6.90. The number of nitrogens with one attached hydrogen (secondary N) is 2. The lowest BCUT2D eigenvalue weighted by atomic mass is 9.49. The molecule has 2 aromatic heterocycles. The van der Waals surface area contributed by atoms with Crippen LogP contribution in [-0.2, 0) is 0 Å². The second-order valence-electron chi connectivity index (χ2n) is 8.95.